The van der Waals surface area contributed by atoms with E-state index in [-0.39, 0.29) is 12.8 Å². The van der Waals surface area contributed by atoms with Gasteiger partial charge in [0.1, 0.15) is 5.75 Å². The Kier molecular flexibility index (Phi) is 4.88. The molecule has 1 aromatic carbocycles. The van der Waals surface area contributed by atoms with Crippen LogP contribution in [0.3, 0.4) is 0 Å². The maximum Gasteiger partial charge on any atom is 0.410 e. The molecule has 2 rings (SSSR count). The standard InChI is InChI=1S/C14H19NO3/c16-14(15-12-7-3-1-4-8-12)18-11-17-13-9-5-2-6-10-13/h2,5-6,9-10,12H,1,3-4,7-8,11H2,(H,15,16). The summed E-state index contributed by atoms with van der Waals surface area (Å²) in [6.07, 6.45) is 5.35. The number of benzene rings is 1. The second kappa shape index (κ2) is 6.89. The van der Waals surface area contributed by atoms with Crippen LogP contribution in [0.1, 0.15) is 32.1 Å². The molecule has 4 nitrogen and oxygen atoms in total. The number of hydrogen-bond acceptors (Lipinski definition) is 3. The summed E-state index contributed by atoms with van der Waals surface area (Å²) >= 11 is 0. The second-order valence-electron chi connectivity index (χ2n) is 4.49. The fourth-order valence-corrected chi connectivity index (χ4v) is 2.12. The number of rotatable bonds is 4. The van der Waals surface area contributed by atoms with E-state index in [1.807, 2.05) is 30.3 Å². The minimum atomic E-state index is -0.391. The molecule has 1 aliphatic rings. The van der Waals surface area contributed by atoms with Crippen molar-refractivity contribution in [1.29, 1.82) is 0 Å². The van der Waals surface area contributed by atoms with Crippen LogP contribution >= 0.6 is 0 Å². The maximum atomic E-state index is 11.5. The molecule has 1 N–H and O–H groups in total. The number of ether oxygens (including phenoxy) is 2. The zero-order valence-electron chi connectivity index (χ0n) is 10.4. The van der Waals surface area contributed by atoms with Crippen molar-refractivity contribution in [2.45, 2.75) is 38.1 Å². The average molecular weight is 249 g/mol. The van der Waals surface area contributed by atoms with E-state index < -0.39 is 6.09 Å². The van der Waals surface area contributed by atoms with E-state index in [0.717, 1.165) is 12.8 Å². The Morgan fingerprint density at radius 2 is 1.89 bits per heavy atom. The van der Waals surface area contributed by atoms with E-state index in [4.69, 9.17) is 9.47 Å². The second-order valence-corrected chi connectivity index (χ2v) is 4.49. The van der Waals surface area contributed by atoms with Gasteiger partial charge in [-0.2, -0.15) is 0 Å². The van der Waals surface area contributed by atoms with Gasteiger partial charge in [-0.05, 0) is 25.0 Å². The molecule has 0 heterocycles. The average Bonchev–Trinajstić information content (AvgIpc) is 2.41. The lowest BCUT2D eigenvalue weighted by molar-refractivity contribution is 0.0566. The molecule has 1 aromatic rings. The molecule has 0 bridgehead atoms. The molecule has 1 fully saturated rings. The lowest BCUT2D eigenvalue weighted by atomic mass is 9.96. The largest absolute Gasteiger partial charge is 0.457 e. The first-order valence-corrected chi connectivity index (χ1v) is 6.46. The summed E-state index contributed by atoms with van der Waals surface area (Å²) < 4.78 is 10.3. The minimum absolute atomic E-state index is 0.0530. The molecule has 0 aliphatic heterocycles. The molecule has 98 valence electrons. The third-order valence-electron chi connectivity index (χ3n) is 3.09. The van der Waals surface area contributed by atoms with Crippen LogP contribution in [0.5, 0.6) is 5.75 Å². The van der Waals surface area contributed by atoms with Crippen molar-refractivity contribution in [2.75, 3.05) is 6.79 Å². The molecule has 0 spiro atoms. The molecule has 4 heteroatoms. The van der Waals surface area contributed by atoms with Gasteiger partial charge in [0.25, 0.3) is 0 Å². The zero-order valence-corrected chi connectivity index (χ0v) is 10.4. The van der Waals surface area contributed by atoms with Gasteiger partial charge >= 0.3 is 6.09 Å². The Labute approximate surface area is 107 Å². The quantitative estimate of drug-likeness (QED) is 0.834. The Morgan fingerprint density at radius 3 is 2.61 bits per heavy atom. The normalized spacial score (nSPS) is 16.0. The van der Waals surface area contributed by atoms with Crippen molar-refractivity contribution in [3.8, 4) is 5.75 Å². The zero-order chi connectivity index (χ0) is 12.6. The highest BCUT2D eigenvalue weighted by Gasteiger charge is 2.16. The molecular weight excluding hydrogens is 230 g/mol. The highest BCUT2D eigenvalue weighted by atomic mass is 16.7. The number of amides is 1. The van der Waals surface area contributed by atoms with E-state index in [1.165, 1.54) is 19.3 Å². The van der Waals surface area contributed by atoms with Crippen LogP contribution in [0.15, 0.2) is 30.3 Å². The van der Waals surface area contributed by atoms with E-state index in [2.05, 4.69) is 5.32 Å². The first-order chi connectivity index (χ1) is 8.84. The summed E-state index contributed by atoms with van der Waals surface area (Å²) in [6, 6.07) is 9.56. The lowest BCUT2D eigenvalue weighted by Crippen LogP contribution is -2.37. The lowest BCUT2D eigenvalue weighted by Gasteiger charge is -2.22. The number of para-hydroxylation sites is 1. The van der Waals surface area contributed by atoms with Crippen molar-refractivity contribution in [1.82, 2.24) is 5.32 Å². The summed E-state index contributed by atoms with van der Waals surface area (Å²) in [4.78, 5) is 11.5. The summed E-state index contributed by atoms with van der Waals surface area (Å²) in [5, 5.41) is 2.86. The first-order valence-electron chi connectivity index (χ1n) is 6.46. The van der Waals surface area contributed by atoms with E-state index in [9.17, 15) is 4.79 Å². The summed E-state index contributed by atoms with van der Waals surface area (Å²) in [6.45, 7) is -0.0530. The van der Waals surface area contributed by atoms with Gasteiger partial charge in [-0.3, -0.25) is 0 Å². The number of nitrogens with one attached hydrogen (secondary N) is 1. The van der Waals surface area contributed by atoms with Crippen LogP contribution in [0.2, 0.25) is 0 Å². The van der Waals surface area contributed by atoms with Gasteiger partial charge in [-0.15, -0.1) is 0 Å². The fraction of sp³-hybridized carbons (Fsp3) is 0.500. The molecule has 1 amide bonds. The SMILES string of the molecule is O=C(NC1CCCCC1)OCOc1ccccc1. The van der Waals surface area contributed by atoms with E-state index in [0.29, 0.717) is 5.75 Å². The fourth-order valence-electron chi connectivity index (χ4n) is 2.12. The third-order valence-corrected chi connectivity index (χ3v) is 3.09. The third kappa shape index (κ3) is 4.28. The number of carbonyl (C=O) groups is 1. The van der Waals surface area contributed by atoms with Crippen molar-refractivity contribution in [3.63, 3.8) is 0 Å². The summed E-state index contributed by atoms with van der Waals surface area (Å²) in [5.41, 5.74) is 0. The smallest absolute Gasteiger partial charge is 0.410 e. The molecular formula is C14H19NO3. The number of carbonyl (C=O) groups excluding carboxylic acids is 1. The molecule has 0 unspecified atom stereocenters. The van der Waals surface area contributed by atoms with Crippen molar-refractivity contribution >= 4 is 6.09 Å². The minimum Gasteiger partial charge on any atom is -0.457 e. The number of alkyl carbamates (subject to hydrolysis) is 1. The van der Waals surface area contributed by atoms with E-state index in [1.54, 1.807) is 0 Å². The molecule has 0 radical (unpaired) electrons. The van der Waals surface area contributed by atoms with Crippen LogP contribution < -0.4 is 10.1 Å². The van der Waals surface area contributed by atoms with Gasteiger partial charge in [-0.25, -0.2) is 4.79 Å². The van der Waals surface area contributed by atoms with Gasteiger partial charge in [0, 0.05) is 6.04 Å². The molecule has 0 atom stereocenters. The van der Waals surface area contributed by atoms with Gasteiger partial charge < -0.3 is 14.8 Å². The molecule has 1 saturated carbocycles. The van der Waals surface area contributed by atoms with Gasteiger partial charge in [-0.1, -0.05) is 37.5 Å². The van der Waals surface area contributed by atoms with Gasteiger partial charge in [0.05, 0.1) is 0 Å². The molecule has 0 saturated heterocycles. The molecule has 0 aromatic heterocycles. The molecule has 1 aliphatic carbocycles. The highest BCUT2D eigenvalue weighted by Crippen LogP contribution is 2.17. The van der Waals surface area contributed by atoms with Crippen molar-refractivity contribution in [3.05, 3.63) is 30.3 Å². The van der Waals surface area contributed by atoms with Crippen LogP contribution in [-0.4, -0.2) is 18.9 Å². The topological polar surface area (TPSA) is 47.6 Å². The Hall–Kier alpha value is -1.71. The first kappa shape index (κ1) is 12.7. The van der Waals surface area contributed by atoms with Crippen molar-refractivity contribution < 1.29 is 14.3 Å². The Balaban J connectivity index is 1.62. The highest BCUT2D eigenvalue weighted by molar-refractivity contribution is 5.67. The van der Waals surface area contributed by atoms with E-state index >= 15 is 0 Å². The summed E-state index contributed by atoms with van der Waals surface area (Å²) in [5.74, 6) is 0.697. The van der Waals surface area contributed by atoms with Crippen LogP contribution in [0.4, 0.5) is 4.79 Å². The maximum absolute atomic E-state index is 11.5. The van der Waals surface area contributed by atoms with Crippen LogP contribution in [-0.2, 0) is 4.74 Å². The number of hydrogen-bond donors (Lipinski definition) is 1. The summed E-state index contributed by atoms with van der Waals surface area (Å²) in [7, 11) is 0. The van der Waals surface area contributed by atoms with Gasteiger partial charge in [0.2, 0.25) is 6.79 Å². The Morgan fingerprint density at radius 1 is 1.17 bits per heavy atom. The Bertz CT molecular complexity index is 361. The predicted molar refractivity (Wildman–Crippen MR) is 68.4 cm³/mol. The van der Waals surface area contributed by atoms with Crippen LogP contribution in [0.25, 0.3) is 0 Å². The van der Waals surface area contributed by atoms with Gasteiger partial charge in [0.15, 0.2) is 0 Å². The predicted octanol–water partition coefficient (Wildman–Crippen LogP) is 3.08. The van der Waals surface area contributed by atoms with Crippen LogP contribution in [0, 0.1) is 0 Å². The molecule has 18 heavy (non-hydrogen) atoms. The monoisotopic (exact) mass is 249 g/mol. The van der Waals surface area contributed by atoms with Crippen molar-refractivity contribution in [2.24, 2.45) is 0 Å².